The van der Waals surface area contributed by atoms with Crippen LogP contribution in [0.25, 0.3) is 0 Å². The molecular weight excluding hydrogens is 288 g/mol. The maximum Gasteiger partial charge on any atom is 0.254 e. The minimum atomic E-state index is -0.166. The first kappa shape index (κ1) is 17.3. The molecule has 0 N–H and O–H groups in total. The molecule has 1 aliphatic rings. The number of carbonyl (C=O) groups is 2. The van der Waals surface area contributed by atoms with Gasteiger partial charge in [-0.1, -0.05) is 20.4 Å². The fraction of sp³-hybridized carbons (Fsp3) is 0.474. The summed E-state index contributed by atoms with van der Waals surface area (Å²) in [6.07, 6.45) is 4.52. The predicted molar refractivity (Wildman–Crippen MR) is 93.6 cm³/mol. The van der Waals surface area contributed by atoms with Gasteiger partial charge in [0.25, 0.3) is 5.91 Å². The van der Waals surface area contributed by atoms with E-state index >= 15 is 0 Å². The zero-order chi connectivity index (χ0) is 17.0. The van der Waals surface area contributed by atoms with Gasteiger partial charge in [0.05, 0.1) is 0 Å². The molecule has 23 heavy (non-hydrogen) atoms. The van der Waals surface area contributed by atoms with Crippen LogP contribution in [-0.4, -0.2) is 36.3 Å². The van der Waals surface area contributed by atoms with Crippen LogP contribution in [0.1, 0.15) is 43.5 Å². The highest BCUT2D eigenvalue weighted by molar-refractivity contribution is 6.01. The van der Waals surface area contributed by atoms with Gasteiger partial charge >= 0.3 is 0 Å². The second-order valence-corrected chi connectivity index (χ2v) is 6.56. The molecule has 0 heterocycles. The average molecular weight is 314 g/mol. The number of benzene rings is 1. The van der Waals surface area contributed by atoms with Crippen LogP contribution < -0.4 is 4.90 Å². The molecule has 0 radical (unpaired) electrons. The summed E-state index contributed by atoms with van der Waals surface area (Å²) in [5.41, 5.74) is 1.44. The minimum Gasteiger partial charge on any atom is -0.336 e. The van der Waals surface area contributed by atoms with Crippen LogP contribution in [0.3, 0.4) is 0 Å². The van der Waals surface area contributed by atoms with E-state index in [4.69, 9.17) is 0 Å². The average Bonchev–Trinajstić information content (AvgIpc) is 3.38. The van der Waals surface area contributed by atoms with Crippen LogP contribution in [0, 0.1) is 5.92 Å². The first-order chi connectivity index (χ1) is 10.9. The van der Waals surface area contributed by atoms with Gasteiger partial charge in [0.15, 0.2) is 0 Å². The molecule has 124 valence electrons. The first-order valence-electron chi connectivity index (χ1n) is 8.25. The summed E-state index contributed by atoms with van der Waals surface area (Å²) in [4.78, 5) is 27.9. The Bertz CT molecular complexity index is 574. The Hall–Kier alpha value is -2.10. The van der Waals surface area contributed by atoms with Gasteiger partial charge in [0, 0.05) is 30.9 Å². The molecular formula is C19H26N2O2. The Morgan fingerprint density at radius 3 is 2.35 bits per heavy atom. The highest BCUT2D eigenvalue weighted by atomic mass is 16.2. The lowest BCUT2D eigenvalue weighted by molar-refractivity contribution is -0.113. The summed E-state index contributed by atoms with van der Waals surface area (Å²) in [5, 5.41) is 0. The number of hydrogen-bond donors (Lipinski definition) is 0. The van der Waals surface area contributed by atoms with E-state index in [0.717, 1.165) is 31.5 Å². The van der Waals surface area contributed by atoms with Crippen LogP contribution in [0.15, 0.2) is 36.9 Å². The van der Waals surface area contributed by atoms with E-state index in [0.29, 0.717) is 17.5 Å². The van der Waals surface area contributed by atoms with Crippen molar-refractivity contribution in [1.82, 2.24) is 4.90 Å². The Morgan fingerprint density at radius 2 is 1.87 bits per heavy atom. The topological polar surface area (TPSA) is 40.6 Å². The third-order valence-corrected chi connectivity index (χ3v) is 4.20. The van der Waals surface area contributed by atoms with Crippen LogP contribution in [-0.2, 0) is 4.79 Å². The van der Waals surface area contributed by atoms with Gasteiger partial charge in [-0.3, -0.25) is 9.59 Å². The van der Waals surface area contributed by atoms with Crippen molar-refractivity contribution in [1.29, 1.82) is 0 Å². The molecule has 1 aromatic carbocycles. The standard InChI is InChI=1S/C19H26N2O2/c1-5-18(22)20(4)16-8-6-15(7-9-16)19(23)21(17-10-11-17)13-12-14(2)3/h5-9,14,17H,1,10-13H2,2-4H3. The van der Waals surface area contributed by atoms with Gasteiger partial charge in [0.2, 0.25) is 5.91 Å². The Labute approximate surface area is 138 Å². The van der Waals surface area contributed by atoms with Crippen LogP contribution in [0.2, 0.25) is 0 Å². The molecule has 1 aliphatic carbocycles. The smallest absolute Gasteiger partial charge is 0.254 e. The van der Waals surface area contributed by atoms with E-state index in [2.05, 4.69) is 20.4 Å². The zero-order valence-electron chi connectivity index (χ0n) is 14.3. The van der Waals surface area contributed by atoms with Gasteiger partial charge in [-0.25, -0.2) is 0 Å². The lowest BCUT2D eigenvalue weighted by atomic mass is 10.1. The number of anilines is 1. The van der Waals surface area contributed by atoms with Gasteiger partial charge in [-0.2, -0.15) is 0 Å². The predicted octanol–water partition coefficient (Wildman–Crippen LogP) is 3.49. The number of carbonyl (C=O) groups excluding carboxylic acids is 2. The first-order valence-corrected chi connectivity index (χ1v) is 8.25. The van der Waals surface area contributed by atoms with E-state index in [1.165, 1.54) is 11.0 Å². The highest BCUT2D eigenvalue weighted by Crippen LogP contribution is 2.29. The molecule has 0 bridgehead atoms. The second kappa shape index (κ2) is 7.44. The number of hydrogen-bond acceptors (Lipinski definition) is 2. The lowest BCUT2D eigenvalue weighted by Gasteiger charge is -2.24. The van der Waals surface area contributed by atoms with Crippen molar-refractivity contribution in [2.24, 2.45) is 5.92 Å². The summed E-state index contributed by atoms with van der Waals surface area (Å²) >= 11 is 0. The van der Waals surface area contributed by atoms with E-state index in [9.17, 15) is 9.59 Å². The molecule has 0 aromatic heterocycles. The molecule has 0 spiro atoms. The van der Waals surface area contributed by atoms with E-state index in [-0.39, 0.29) is 11.8 Å². The zero-order valence-corrected chi connectivity index (χ0v) is 14.3. The maximum absolute atomic E-state index is 12.7. The molecule has 0 saturated heterocycles. The SMILES string of the molecule is C=CC(=O)N(C)c1ccc(C(=O)N(CCC(C)C)C2CC2)cc1. The maximum atomic E-state index is 12.7. The van der Waals surface area contributed by atoms with Crippen LogP contribution in [0.5, 0.6) is 0 Å². The summed E-state index contributed by atoms with van der Waals surface area (Å²) < 4.78 is 0. The van der Waals surface area contributed by atoms with Crippen molar-refractivity contribution in [3.05, 3.63) is 42.5 Å². The summed E-state index contributed by atoms with van der Waals surface area (Å²) in [7, 11) is 1.69. The molecule has 0 unspecified atom stereocenters. The van der Waals surface area contributed by atoms with Crippen molar-refractivity contribution in [2.45, 2.75) is 39.2 Å². The van der Waals surface area contributed by atoms with Crippen LogP contribution >= 0.6 is 0 Å². The molecule has 1 saturated carbocycles. The van der Waals surface area contributed by atoms with Crippen molar-refractivity contribution >= 4 is 17.5 Å². The number of amides is 2. The number of rotatable bonds is 7. The normalized spacial score (nSPS) is 13.7. The Morgan fingerprint density at radius 1 is 1.26 bits per heavy atom. The summed E-state index contributed by atoms with van der Waals surface area (Å²) in [6.45, 7) is 8.66. The third kappa shape index (κ3) is 4.44. The number of likely N-dealkylation sites (N-methyl/N-ethyl adjacent to an activating group) is 1. The van der Waals surface area contributed by atoms with E-state index in [1.807, 2.05) is 17.0 Å². The quantitative estimate of drug-likeness (QED) is 0.723. The number of nitrogens with zero attached hydrogens (tertiary/aromatic N) is 2. The molecule has 2 amide bonds. The molecule has 2 rings (SSSR count). The molecule has 1 fully saturated rings. The highest BCUT2D eigenvalue weighted by Gasteiger charge is 2.32. The second-order valence-electron chi connectivity index (χ2n) is 6.56. The van der Waals surface area contributed by atoms with Gasteiger partial charge in [0.1, 0.15) is 0 Å². The van der Waals surface area contributed by atoms with Crippen molar-refractivity contribution in [3.63, 3.8) is 0 Å². The van der Waals surface area contributed by atoms with Crippen LogP contribution in [0.4, 0.5) is 5.69 Å². The molecule has 1 aromatic rings. The van der Waals surface area contributed by atoms with Gasteiger partial charge in [-0.15, -0.1) is 0 Å². The lowest BCUT2D eigenvalue weighted by Crippen LogP contribution is -2.34. The van der Waals surface area contributed by atoms with Gasteiger partial charge < -0.3 is 9.80 Å². The Balaban J connectivity index is 2.09. The van der Waals surface area contributed by atoms with Crippen molar-refractivity contribution in [3.8, 4) is 0 Å². The van der Waals surface area contributed by atoms with E-state index in [1.54, 1.807) is 19.2 Å². The Kier molecular flexibility index (Phi) is 5.59. The third-order valence-electron chi connectivity index (χ3n) is 4.20. The minimum absolute atomic E-state index is 0.0948. The summed E-state index contributed by atoms with van der Waals surface area (Å²) in [5.74, 6) is 0.517. The largest absolute Gasteiger partial charge is 0.336 e. The summed E-state index contributed by atoms with van der Waals surface area (Å²) in [6, 6.07) is 7.63. The molecule has 4 heteroatoms. The van der Waals surface area contributed by atoms with Crippen molar-refractivity contribution < 1.29 is 9.59 Å². The van der Waals surface area contributed by atoms with E-state index < -0.39 is 0 Å². The van der Waals surface area contributed by atoms with Crippen molar-refractivity contribution in [2.75, 3.05) is 18.5 Å². The molecule has 4 nitrogen and oxygen atoms in total. The monoisotopic (exact) mass is 314 g/mol. The fourth-order valence-electron chi connectivity index (χ4n) is 2.49. The van der Waals surface area contributed by atoms with Gasteiger partial charge in [-0.05, 0) is 55.5 Å². The fourth-order valence-corrected chi connectivity index (χ4v) is 2.49. The molecule has 0 atom stereocenters. The molecule has 0 aliphatic heterocycles.